The third-order valence-electron chi connectivity index (χ3n) is 3.79. The van der Waals surface area contributed by atoms with Gasteiger partial charge in [0.15, 0.2) is 9.84 Å². The second-order valence-electron chi connectivity index (χ2n) is 5.58. The summed E-state index contributed by atoms with van der Waals surface area (Å²) in [5, 5.41) is 5.29. The van der Waals surface area contributed by atoms with Gasteiger partial charge >= 0.3 is 0 Å². The van der Waals surface area contributed by atoms with Crippen LogP contribution < -0.4 is 5.32 Å². The Hall–Kier alpha value is -2.03. The Labute approximate surface area is 159 Å². The second kappa shape index (κ2) is 8.11. The molecule has 1 atom stereocenters. The molecule has 0 aliphatic heterocycles. The number of hydrogen-bond donors (Lipinski definition) is 1. The fraction of sp³-hybridized carbons (Fsp3) is 0.167. The molecule has 8 heteroatoms. The van der Waals surface area contributed by atoms with Gasteiger partial charge in [-0.05, 0) is 40.6 Å². The van der Waals surface area contributed by atoms with Crippen molar-refractivity contribution in [2.45, 2.75) is 15.9 Å². The molecule has 26 heavy (non-hydrogen) atoms. The van der Waals surface area contributed by atoms with Crippen molar-refractivity contribution in [1.29, 1.82) is 0 Å². The minimum Gasteiger partial charge on any atom is -0.354 e. The average molecular weight is 410 g/mol. The van der Waals surface area contributed by atoms with E-state index in [0.717, 1.165) is 16.2 Å². The van der Waals surface area contributed by atoms with Crippen molar-refractivity contribution in [3.05, 3.63) is 75.5 Å². The van der Waals surface area contributed by atoms with Crippen molar-refractivity contribution in [3.63, 3.8) is 0 Å². The zero-order valence-corrected chi connectivity index (χ0v) is 16.0. The first-order valence-corrected chi connectivity index (χ1v) is 11.1. The van der Waals surface area contributed by atoms with Gasteiger partial charge in [0.2, 0.25) is 5.91 Å². The van der Waals surface area contributed by atoms with E-state index in [2.05, 4.69) is 5.32 Å². The lowest BCUT2D eigenvalue weighted by molar-refractivity contribution is -0.120. The molecule has 0 aliphatic rings. The van der Waals surface area contributed by atoms with E-state index in [1.807, 2.05) is 17.5 Å². The molecule has 0 fully saturated rings. The van der Waals surface area contributed by atoms with E-state index in [4.69, 9.17) is 0 Å². The zero-order valence-electron chi connectivity index (χ0n) is 13.6. The molecule has 1 N–H and O–H groups in total. The highest BCUT2D eigenvalue weighted by Gasteiger charge is 2.30. The predicted molar refractivity (Wildman–Crippen MR) is 102 cm³/mol. The summed E-state index contributed by atoms with van der Waals surface area (Å²) in [6.45, 7) is -0.0733. The maximum atomic E-state index is 13.2. The lowest BCUT2D eigenvalue weighted by atomic mass is 10.1. The number of hydrogen-bond acceptors (Lipinski definition) is 5. The number of thiophene rings is 2. The van der Waals surface area contributed by atoms with Gasteiger partial charge in [-0.3, -0.25) is 4.79 Å². The van der Waals surface area contributed by atoms with Crippen LogP contribution in [0.2, 0.25) is 0 Å². The van der Waals surface area contributed by atoms with Crippen LogP contribution in [0.4, 0.5) is 4.39 Å². The number of sulfone groups is 1. The molecular formula is C18H16FNO3S3. The molecule has 0 unspecified atom stereocenters. The zero-order chi connectivity index (χ0) is 18.6. The number of halogens is 1. The van der Waals surface area contributed by atoms with Crippen LogP contribution >= 0.6 is 22.7 Å². The maximum Gasteiger partial charge on any atom is 0.225 e. The minimum absolute atomic E-state index is 0.0733. The Morgan fingerprint density at radius 3 is 2.35 bits per heavy atom. The summed E-state index contributed by atoms with van der Waals surface area (Å²) in [5.41, 5.74) is 0.441. The van der Waals surface area contributed by atoms with Crippen molar-refractivity contribution in [2.24, 2.45) is 0 Å². The Balaban J connectivity index is 1.81. The summed E-state index contributed by atoms with van der Waals surface area (Å²) in [7, 11) is -3.70. The summed E-state index contributed by atoms with van der Waals surface area (Å²) in [5.74, 6) is -0.691. The standard InChI is InChI=1S/C18H16FNO3S3/c19-14-7-5-13(6-8-14)16(26(22,23)18-4-2-10-25-18)12-20-17(21)11-15-3-1-9-24-15/h1-10,16H,11-12H2,(H,20,21)/t16-/m1/s1. The predicted octanol–water partition coefficient (Wildman–Crippen LogP) is 3.82. The van der Waals surface area contributed by atoms with E-state index in [9.17, 15) is 17.6 Å². The molecule has 0 aliphatic carbocycles. The van der Waals surface area contributed by atoms with Crippen LogP contribution in [0.25, 0.3) is 0 Å². The smallest absolute Gasteiger partial charge is 0.225 e. The molecule has 1 aromatic carbocycles. The van der Waals surface area contributed by atoms with Crippen LogP contribution in [0.3, 0.4) is 0 Å². The van der Waals surface area contributed by atoms with Gasteiger partial charge in [0.05, 0.1) is 6.42 Å². The quantitative estimate of drug-likeness (QED) is 0.645. The molecule has 0 saturated carbocycles. The van der Waals surface area contributed by atoms with E-state index in [1.165, 1.54) is 41.7 Å². The molecule has 3 aromatic rings. The molecule has 1 amide bonds. The monoisotopic (exact) mass is 409 g/mol. The topological polar surface area (TPSA) is 63.2 Å². The SMILES string of the molecule is O=C(Cc1cccs1)NC[C@H](c1ccc(F)cc1)S(=O)(=O)c1cccs1. The molecule has 3 rings (SSSR count). The van der Waals surface area contributed by atoms with Crippen molar-refractivity contribution in [2.75, 3.05) is 6.54 Å². The van der Waals surface area contributed by atoms with E-state index >= 15 is 0 Å². The summed E-state index contributed by atoms with van der Waals surface area (Å²) in [6.07, 6.45) is 0.201. The van der Waals surface area contributed by atoms with Gasteiger partial charge in [-0.2, -0.15) is 0 Å². The lowest BCUT2D eigenvalue weighted by Crippen LogP contribution is -2.32. The normalized spacial score (nSPS) is 12.7. The molecular weight excluding hydrogens is 393 g/mol. The Kier molecular flexibility index (Phi) is 5.85. The van der Waals surface area contributed by atoms with Gasteiger partial charge in [-0.25, -0.2) is 12.8 Å². The summed E-state index contributed by atoms with van der Waals surface area (Å²) >= 11 is 2.59. The van der Waals surface area contributed by atoms with E-state index < -0.39 is 20.9 Å². The number of nitrogens with one attached hydrogen (secondary N) is 1. The molecule has 0 spiro atoms. The van der Waals surface area contributed by atoms with Crippen molar-refractivity contribution in [3.8, 4) is 0 Å². The highest BCUT2D eigenvalue weighted by Crippen LogP contribution is 2.31. The van der Waals surface area contributed by atoms with E-state index in [-0.39, 0.29) is 23.1 Å². The highest BCUT2D eigenvalue weighted by molar-refractivity contribution is 7.93. The molecule has 136 valence electrons. The number of amides is 1. The second-order valence-corrected chi connectivity index (χ2v) is 9.91. The van der Waals surface area contributed by atoms with E-state index in [0.29, 0.717) is 5.56 Å². The highest BCUT2D eigenvalue weighted by atomic mass is 32.2. The van der Waals surface area contributed by atoms with Crippen LogP contribution in [0.15, 0.2) is 63.5 Å². The number of carbonyl (C=O) groups is 1. The molecule has 4 nitrogen and oxygen atoms in total. The first-order valence-electron chi connectivity index (χ1n) is 7.79. The van der Waals surface area contributed by atoms with Gasteiger partial charge < -0.3 is 5.32 Å². The molecule has 2 aromatic heterocycles. The van der Waals surface area contributed by atoms with Crippen LogP contribution in [0.1, 0.15) is 15.7 Å². The lowest BCUT2D eigenvalue weighted by Gasteiger charge is -2.18. The number of rotatable bonds is 7. The number of carbonyl (C=O) groups excluding carboxylic acids is 1. The van der Waals surface area contributed by atoms with Crippen molar-refractivity contribution in [1.82, 2.24) is 5.32 Å². The van der Waals surface area contributed by atoms with Crippen LogP contribution in [0.5, 0.6) is 0 Å². The fourth-order valence-electron chi connectivity index (χ4n) is 2.49. The van der Waals surface area contributed by atoms with Crippen molar-refractivity contribution < 1.29 is 17.6 Å². The van der Waals surface area contributed by atoms with Gasteiger partial charge in [-0.15, -0.1) is 22.7 Å². The van der Waals surface area contributed by atoms with Gasteiger partial charge in [0.1, 0.15) is 15.3 Å². The van der Waals surface area contributed by atoms with E-state index in [1.54, 1.807) is 11.4 Å². The largest absolute Gasteiger partial charge is 0.354 e. The van der Waals surface area contributed by atoms with Gasteiger partial charge in [-0.1, -0.05) is 24.3 Å². The molecule has 0 saturated heterocycles. The first kappa shape index (κ1) is 18.8. The fourth-order valence-corrected chi connectivity index (χ4v) is 6.06. The summed E-state index contributed by atoms with van der Waals surface area (Å²) in [6, 6.07) is 12.2. The first-order chi connectivity index (χ1) is 12.5. The molecule has 0 radical (unpaired) electrons. The van der Waals surface area contributed by atoms with Gasteiger partial charge in [0, 0.05) is 11.4 Å². The van der Waals surface area contributed by atoms with Crippen LogP contribution in [-0.4, -0.2) is 20.9 Å². The minimum atomic E-state index is -3.70. The Bertz CT molecular complexity index is 950. The average Bonchev–Trinajstić information content (AvgIpc) is 3.30. The third kappa shape index (κ3) is 4.38. The maximum absolute atomic E-state index is 13.2. The Morgan fingerprint density at radius 1 is 1.04 bits per heavy atom. The van der Waals surface area contributed by atoms with Crippen LogP contribution in [0, 0.1) is 5.82 Å². The summed E-state index contributed by atoms with van der Waals surface area (Å²) in [4.78, 5) is 13.1. The molecule has 0 bridgehead atoms. The van der Waals surface area contributed by atoms with Crippen LogP contribution in [-0.2, 0) is 21.1 Å². The van der Waals surface area contributed by atoms with Crippen molar-refractivity contribution >= 4 is 38.4 Å². The molecule has 2 heterocycles. The Morgan fingerprint density at radius 2 is 1.73 bits per heavy atom. The number of benzene rings is 1. The van der Waals surface area contributed by atoms with Gasteiger partial charge in [0.25, 0.3) is 0 Å². The third-order valence-corrected chi connectivity index (χ3v) is 8.20. The summed E-state index contributed by atoms with van der Waals surface area (Å²) < 4.78 is 39.4.